The van der Waals surface area contributed by atoms with Gasteiger partial charge in [0.1, 0.15) is 11.3 Å². The fourth-order valence-electron chi connectivity index (χ4n) is 3.87. The first kappa shape index (κ1) is 21.1. The number of aromatic nitrogens is 1. The Labute approximate surface area is 185 Å². The number of rotatable bonds is 4. The maximum Gasteiger partial charge on any atom is 0.336 e. The fraction of sp³-hybridized carbons (Fsp3) is 0.160. The van der Waals surface area contributed by atoms with Gasteiger partial charge >= 0.3 is 6.03 Å². The van der Waals surface area contributed by atoms with Crippen molar-refractivity contribution in [2.75, 3.05) is 12.0 Å². The summed E-state index contributed by atoms with van der Waals surface area (Å²) in [5.41, 5.74) is 4.83. The summed E-state index contributed by atoms with van der Waals surface area (Å²) in [6.07, 6.45) is 1.53. The van der Waals surface area contributed by atoms with E-state index in [2.05, 4.69) is 9.88 Å². The molecule has 0 atom stereocenters. The summed E-state index contributed by atoms with van der Waals surface area (Å²) in [6, 6.07) is 15.8. The lowest BCUT2D eigenvalue weighted by atomic mass is 10.1. The monoisotopic (exact) mass is 429 g/mol. The van der Waals surface area contributed by atoms with Crippen LogP contribution in [-0.4, -0.2) is 29.5 Å². The number of hydrogen-bond donors (Lipinski definition) is 1. The number of hydrogen-bond acceptors (Lipinski definition) is 4. The lowest BCUT2D eigenvalue weighted by Gasteiger charge is -2.27. The van der Waals surface area contributed by atoms with Crippen molar-refractivity contribution in [1.82, 2.24) is 9.88 Å². The number of aryl methyl sites for hydroxylation is 2. The number of methoxy groups -OCH3 is 1. The summed E-state index contributed by atoms with van der Waals surface area (Å²) in [4.78, 5) is 39.2. The van der Waals surface area contributed by atoms with Crippen molar-refractivity contribution in [3.8, 4) is 11.4 Å². The largest absolute Gasteiger partial charge is 0.495 e. The number of imide groups is 2. The molecular weight excluding hydrogens is 406 g/mol. The lowest BCUT2D eigenvalue weighted by molar-refractivity contribution is -0.122. The molecule has 4 rings (SSSR count). The third kappa shape index (κ3) is 3.58. The Morgan fingerprint density at radius 3 is 2.31 bits per heavy atom. The Morgan fingerprint density at radius 2 is 1.62 bits per heavy atom. The van der Waals surface area contributed by atoms with Gasteiger partial charge in [0.15, 0.2) is 0 Å². The molecular formula is C25H23N3O4. The van der Waals surface area contributed by atoms with Crippen molar-refractivity contribution in [1.29, 1.82) is 0 Å². The molecule has 0 unspecified atom stereocenters. The van der Waals surface area contributed by atoms with Crippen LogP contribution in [0.1, 0.15) is 22.5 Å². The number of urea groups is 1. The van der Waals surface area contributed by atoms with Crippen molar-refractivity contribution in [3.63, 3.8) is 0 Å². The molecule has 0 saturated carbocycles. The van der Waals surface area contributed by atoms with Crippen molar-refractivity contribution in [3.05, 3.63) is 82.7 Å². The Kier molecular flexibility index (Phi) is 5.40. The number of ether oxygens (including phenoxy) is 1. The predicted molar refractivity (Wildman–Crippen MR) is 122 cm³/mol. The molecule has 1 aliphatic heterocycles. The molecule has 1 aliphatic rings. The molecule has 1 fully saturated rings. The summed E-state index contributed by atoms with van der Waals surface area (Å²) >= 11 is 0. The van der Waals surface area contributed by atoms with Crippen LogP contribution in [0.2, 0.25) is 0 Å². The second-order valence-electron chi connectivity index (χ2n) is 7.63. The van der Waals surface area contributed by atoms with Crippen LogP contribution in [0.15, 0.2) is 60.2 Å². The molecule has 0 aliphatic carbocycles. The molecule has 32 heavy (non-hydrogen) atoms. The molecule has 0 radical (unpaired) electrons. The molecule has 0 spiro atoms. The minimum absolute atomic E-state index is 0.125. The average Bonchev–Trinajstić information content (AvgIpc) is 3.05. The first-order valence-corrected chi connectivity index (χ1v) is 10.1. The van der Waals surface area contributed by atoms with E-state index in [9.17, 15) is 14.4 Å². The number of nitrogens with zero attached hydrogens (tertiary/aromatic N) is 2. The zero-order valence-electron chi connectivity index (χ0n) is 18.3. The summed E-state index contributed by atoms with van der Waals surface area (Å²) in [5, 5.41) is 2.26. The average molecular weight is 429 g/mol. The normalized spacial score (nSPS) is 15.3. The second kappa shape index (κ2) is 8.19. The van der Waals surface area contributed by atoms with E-state index in [-0.39, 0.29) is 11.3 Å². The Balaban J connectivity index is 1.77. The van der Waals surface area contributed by atoms with E-state index in [1.54, 1.807) is 24.3 Å². The van der Waals surface area contributed by atoms with Gasteiger partial charge in [0.05, 0.1) is 12.8 Å². The molecule has 1 saturated heterocycles. The maximum atomic E-state index is 13.2. The summed E-state index contributed by atoms with van der Waals surface area (Å²) in [7, 11) is 1.45. The number of para-hydroxylation sites is 2. The van der Waals surface area contributed by atoms with Gasteiger partial charge in [-0.25, -0.2) is 9.69 Å². The van der Waals surface area contributed by atoms with E-state index in [0.29, 0.717) is 5.75 Å². The van der Waals surface area contributed by atoms with Crippen LogP contribution in [0.25, 0.3) is 11.8 Å². The summed E-state index contributed by atoms with van der Waals surface area (Å²) < 4.78 is 7.35. The van der Waals surface area contributed by atoms with Gasteiger partial charge in [0, 0.05) is 17.1 Å². The highest BCUT2D eigenvalue weighted by atomic mass is 16.5. The van der Waals surface area contributed by atoms with Crippen molar-refractivity contribution in [2.24, 2.45) is 0 Å². The number of anilines is 1. The zero-order chi connectivity index (χ0) is 23.0. The van der Waals surface area contributed by atoms with Crippen LogP contribution in [0.4, 0.5) is 10.5 Å². The molecule has 2 heterocycles. The third-order valence-corrected chi connectivity index (χ3v) is 5.49. The number of carbonyl (C=O) groups is 3. The van der Waals surface area contributed by atoms with E-state index in [0.717, 1.165) is 33.1 Å². The van der Waals surface area contributed by atoms with E-state index in [1.807, 2.05) is 51.1 Å². The number of barbiturate groups is 1. The Bertz CT molecular complexity index is 1270. The minimum Gasteiger partial charge on any atom is -0.495 e. The standard InChI is InChI=1S/C25H23N3O4/c1-15-9-11-19(12-10-15)27-16(2)13-18(17(27)3)14-20-23(29)26-25(31)28(24(20)30)21-7-5-6-8-22(21)32-4/h5-14H,1-4H3,(H,26,29,31)/b20-14+. The first-order chi connectivity index (χ1) is 15.3. The van der Waals surface area contributed by atoms with E-state index < -0.39 is 17.8 Å². The molecule has 7 nitrogen and oxygen atoms in total. The maximum absolute atomic E-state index is 13.2. The molecule has 0 bridgehead atoms. The van der Waals surface area contributed by atoms with E-state index >= 15 is 0 Å². The van der Waals surface area contributed by atoms with Crippen LogP contribution in [0, 0.1) is 20.8 Å². The first-order valence-electron chi connectivity index (χ1n) is 10.1. The summed E-state index contributed by atoms with van der Waals surface area (Å²) in [6.45, 7) is 5.91. The van der Waals surface area contributed by atoms with Crippen LogP contribution < -0.4 is 15.0 Å². The van der Waals surface area contributed by atoms with Gasteiger partial charge in [0.2, 0.25) is 0 Å². The quantitative estimate of drug-likeness (QED) is 0.501. The van der Waals surface area contributed by atoms with Gasteiger partial charge in [-0.05, 0) is 62.7 Å². The molecule has 3 aromatic rings. The van der Waals surface area contributed by atoms with Gasteiger partial charge in [0.25, 0.3) is 11.8 Å². The molecule has 2 aromatic carbocycles. The Hall–Kier alpha value is -4.13. The lowest BCUT2D eigenvalue weighted by Crippen LogP contribution is -2.54. The van der Waals surface area contributed by atoms with Crippen LogP contribution in [-0.2, 0) is 9.59 Å². The molecule has 162 valence electrons. The predicted octanol–water partition coefficient (Wildman–Crippen LogP) is 4.08. The molecule has 4 amide bonds. The van der Waals surface area contributed by atoms with Crippen LogP contribution in [0.5, 0.6) is 5.75 Å². The van der Waals surface area contributed by atoms with E-state index in [4.69, 9.17) is 4.74 Å². The number of amides is 4. The second-order valence-corrected chi connectivity index (χ2v) is 7.63. The SMILES string of the molecule is COc1ccccc1N1C(=O)NC(=O)/C(=C\c2cc(C)n(-c3ccc(C)cc3)c2C)C1=O. The highest BCUT2D eigenvalue weighted by Crippen LogP contribution is 2.31. The van der Waals surface area contributed by atoms with E-state index in [1.165, 1.54) is 13.2 Å². The van der Waals surface area contributed by atoms with Crippen LogP contribution >= 0.6 is 0 Å². The van der Waals surface area contributed by atoms with Crippen molar-refractivity contribution in [2.45, 2.75) is 20.8 Å². The molecule has 1 aromatic heterocycles. The molecule has 1 N–H and O–H groups in total. The van der Waals surface area contributed by atoms with Gasteiger partial charge < -0.3 is 9.30 Å². The van der Waals surface area contributed by atoms with Crippen molar-refractivity contribution >= 4 is 29.6 Å². The topological polar surface area (TPSA) is 80.6 Å². The van der Waals surface area contributed by atoms with Gasteiger partial charge in [-0.2, -0.15) is 0 Å². The Morgan fingerprint density at radius 1 is 0.938 bits per heavy atom. The highest BCUT2D eigenvalue weighted by molar-refractivity contribution is 6.39. The van der Waals surface area contributed by atoms with Gasteiger partial charge in [-0.1, -0.05) is 29.8 Å². The van der Waals surface area contributed by atoms with Gasteiger partial charge in [-0.3, -0.25) is 14.9 Å². The number of carbonyl (C=O) groups excluding carboxylic acids is 3. The van der Waals surface area contributed by atoms with Crippen molar-refractivity contribution < 1.29 is 19.1 Å². The minimum atomic E-state index is -0.813. The van der Waals surface area contributed by atoms with Crippen LogP contribution in [0.3, 0.4) is 0 Å². The van der Waals surface area contributed by atoms with Gasteiger partial charge in [-0.15, -0.1) is 0 Å². The smallest absolute Gasteiger partial charge is 0.336 e. The number of benzene rings is 2. The summed E-state index contributed by atoms with van der Waals surface area (Å²) in [5.74, 6) is -1.09. The highest BCUT2D eigenvalue weighted by Gasteiger charge is 2.38. The molecule has 7 heteroatoms. The third-order valence-electron chi connectivity index (χ3n) is 5.49. The number of nitrogens with one attached hydrogen (secondary N) is 1. The fourth-order valence-corrected chi connectivity index (χ4v) is 3.87. The zero-order valence-corrected chi connectivity index (χ0v) is 18.3.